The Balaban J connectivity index is 2.09. The van der Waals surface area contributed by atoms with Gasteiger partial charge in [0, 0.05) is 11.5 Å². The maximum Gasteiger partial charge on any atom is 0.284 e. The molecule has 9 heteroatoms. The predicted octanol–water partition coefficient (Wildman–Crippen LogP) is 0.486. The molecule has 0 saturated carbocycles. The first kappa shape index (κ1) is 14.4. The minimum absolute atomic E-state index is 0.108. The number of halogens is 1. The van der Waals surface area contributed by atoms with Crippen LogP contribution >= 0.6 is 15.9 Å². The van der Waals surface area contributed by atoms with Crippen LogP contribution in [0.25, 0.3) is 16.9 Å². The van der Waals surface area contributed by atoms with Gasteiger partial charge in [0.15, 0.2) is 11.2 Å². The van der Waals surface area contributed by atoms with Gasteiger partial charge in [-0.3, -0.25) is 14.2 Å². The fourth-order valence-corrected chi connectivity index (χ4v) is 2.21. The van der Waals surface area contributed by atoms with Crippen LogP contribution in [-0.4, -0.2) is 37.5 Å². The van der Waals surface area contributed by atoms with Crippen molar-refractivity contribution in [1.29, 1.82) is 0 Å². The molecule has 0 atom stereocenters. The van der Waals surface area contributed by atoms with Crippen LogP contribution in [0.4, 0.5) is 0 Å². The van der Waals surface area contributed by atoms with Crippen LogP contribution in [0.1, 0.15) is 0 Å². The summed E-state index contributed by atoms with van der Waals surface area (Å²) in [5.41, 5.74) is 0.799. The van der Waals surface area contributed by atoms with Crippen molar-refractivity contribution in [3.8, 4) is 5.69 Å². The Bertz CT molecular complexity index is 899. The summed E-state index contributed by atoms with van der Waals surface area (Å²) in [4.78, 5) is 27.9. The molecule has 1 amide bonds. The van der Waals surface area contributed by atoms with Crippen molar-refractivity contribution in [2.24, 2.45) is 0 Å². The third-order valence-electron chi connectivity index (χ3n) is 3.09. The zero-order valence-electron chi connectivity index (χ0n) is 11.5. The van der Waals surface area contributed by atoms with E-state index in [0.29, 0.717) is 5.65 Å². The Labute approximate surface area is 132 Å². The third kappa shape index (κ3) is 2.50. The summed E-state index contributed by atoms with van der Waals surface area (Å²) in [5, 5.41) is 10.3. The Hall–Kier alpha value is -2.55. The van der Waals surface area contributed by atoms with Crippen molar-refractivity contribution in [3.05, 3.63) is 45.4 Å². The van der Waals surface area contributed by atoms with Gasteiger partial charge in [-0.25, -0.2) is 4.98 Å². The highest BCUT2D eigenvalue weighted by Crippen LogP contribution is 2.15. The number of hydrogen-bond donors (Lipinski definition) is 1. The van der Waals surface area contributed by atoms with Gasteiger partial charge in [-0.15, -0.1) is 5.10 Å². The van der Waals surface area contributed by atoms with Crippen LogP contribution in [0.15, 0.2) is 39.9 Å². The minimum atomic E-state index is -0.406. The van der Waals surface area contributed by atoms with E-state index in [1.807, 2.05) is 24.3 Å². The topological polar surface area (TPSA) is 94.7 Å². The number of nitrogens with one attached hydrogen (secondary N) is 1. The zero-order chi connectivity index (χ0) is 15.7. The highest BCUT2D eigenvalue weighted by atomic mass is 79.9. The van der Waals surface area contributed by atoms with Crippen LogP contribution in [0.5, 0.6) is 0 Å². The first-order valence-corrected chi connectivity index (χ1v) is 7.17. The molecule has 1 N–H and O–H groups in total. The summed E-state index contributed by atoms with van der Waals surface area (Å²) in [6, 6.07) is 7.37. The number of benzene rings is 1. The van der Waals surface area contributed by atoms with Gasteiger partial charge in [0.25, 0.3) is 5.56 Å². The van der Waals surface area contributed by atoms with E-state index in [9.17, 15) is 9.59 Å². The molecule has 0 aliphatic heterocycles. The Morgan fingerprint density at radius 2 is 2.05 bits per heavy atom. The molecule has 3 rings (SSSR count). The second-order valence-electron chi connectivity index (χ2n) is 4.50. The molecule has 2 aromatic heterocycles. The van der Waals surface area contributed by atoms with E-state index in [-0.39, 0.29) is 18.0 Å². The van der Waals surface area contributed by atoms with Gasteiger partial charge in [0.1, 0.15) is 12.9 Å². The zero-order valence-corrected chi connectivity index (χ0v) is 13.1. The molecule has 0 aliphatic carbocycles. The van der Waals surface area contributed by atoms with Crippen LogP contribution in [-0.2, 0) is 11.3 Å². The molecule has 0 bridgehead atoms. The van der Waals surface area contributed by atoms with E-state index >= 15 is 0 Å². The molecule has 0 spiro atoms. The monoisotopic (exact) mass is 362 g/mol. The first-order chi connectivity index (χ1) is 10.6. The van der Waals surface area contributed by atoms with Crippen LogP contribution in [0.2, 0.25) is 0 Å². The molecule has 8 nitrogen and oxygen atoms in total. The number of carbonyl (C=O) groups excluding carboxylic acids is 1. The van der Waals surface area contributed by atoms with Crippen molar-refractivity contribution >= 4 is 33.0 Å². The van der Waals surface area contributed by atoms with Crippen LogP contribution in [0, 0.1) is 0 Å². The van der Waals surface area contributed by atoms with E-state index in [2.05, 4.69) is 36.5 Å². The smallest absolute Gasteiger partial charge is 0.284 e. The Morgan fingerprint density at radius 3 is 2.73 bits per heavy atom. The van der Waals surface area contributed by atoms with E-state index < -0.39 is 5.56 Å². The number of aromatic nitrogens is 5. The lowest BCUT2D eigenvalue weighted by molar-refractivity contribution is -0.121. The molecule has 3 aromatic rings. The van der Waals surface area contributed by atoms with Gasteiger partial charge >= 0.3 is 0 Å². The molecule has 112 valence electrons. The Morgan fingerprint density at radius 1 is 1.32 bits per heavy atom. The average Bonchev–Trinajstić information content (AvgIpc) is 2.95. The molecule has 22 heavy (non-hydrogen) atoms. The van der Waals surface area contributed by atoms with Gasteiger partial charge < -0.3 is 5.32 Å². The summed E-state index contributed by atoms with van der Waals surface area (Å²) in [7, 11) is 1.50. The van der Waals surface area contributed by atoms with Crippen molar-refractivity contribution in [3.63, 3.8) is 0 Å². The number of carbonyl (C=O) groups is 1. The minimum Gasteiger partial charge on any atom is -0.358 e. The van der Waals surface area contributed by atoms with Crippen molar-refractivity contribution < 1.29 is 4.79 Å². The van der Waals surface area contributed by atoms with Gasteiger partial charge in [-0.05, 0) is 24.3 Å². The molecule has 0 aliphatic rings. The molecule has 0 saturated heterocycles. The molecule has 2 heterocycles. The van der Waals surface area contributed by atoms with Crippen LogP contribution in [0.3, 0.4) is 0 Å². The van der Waals surface area contributed by atoms with E-state index in [0.717, 1.165) is 10.2 Å². The van der Waals surface area contributed by atoms with E-state index in [1.165, 1.54) is 22.6 Å². The number of rotatable bonds is 3. The van der Waals surface area contributed by atoms with Gasteiger partial charge in [-0.2, -0.15) is 4.68 Å². The summed E-state index contributed by atoms with van der Waals surface area (Å²) >= 11 is 3.36. The number of fused-ring (bicyclic) bond motifs is 1. The van der Waals surface area contributed by atoms with E-state index in [4.69, 9.17) is 0 Å². The molecular weight excluding hydrogens is 352 g/mol. The standard InChI is InChI=1S/C13H11BrN6O2/c1-15-10(21)6-19-7-16-12-11(13(19)22)17-18-20(12)9-4-2-8(14)3-5-9/h2-5,7H,6H2,1H3,(H,15,21). The predicted molar refractivity (Wildman–Crippen MR) is 82.7 cm³/mol. The summed E-state index contributed by atoms with van der Waals surface area (Å²) < 4.78 is 3.61. The molecule has 1 aromatic carbocycles. The molecule has 0 unspecified atom stereocenters. The fraction of sp³-hybridized carbons (Fsp3) is 0.154. The molecule has 0 radical (unpaired) electrons. The normalized spacial score (nSPS) is 10.8. The van der Waals surface area contributed by atoms with Crippen molar-refractivity contribution in [1.82, 2.24) is 29.9 Å². The highest BCUT2D eigenvalue weighted by Gasteiger charge is 2.14. The lowest BCUT2D eigenvalue weighted by Gasteiger charge is -2.04. The molecule has 0 fully saturated rings. The quantitative estimate of drug-likeness (QED) is 0.731. The van der Waals surface area contributed by atoms with Gasteiger partial charge in [0.2, 0.25) is 5.91 Å². The van der Waals surface area contributed by atoms with Gasteiger partial charge in [-0.1, -0.05) is 21.1 Å². The van der Waals surface area contributed by atoms with E-state index in [1.54, 1.807) is 0 Å². The fourth-order valence-electron chi connectivity index (χ4n) is 1.95. The van der Waals surface area contributed by atoms with Crippen molar-refractivity contribution in [2.75, 3.05) is 7.05 Å². The second-order valence-corrected chi connectivity index (χ2v) is 5.42. The summed E-state index contributed by atoms with van der Waals surface area (Å²) in [6.07, 6.45) is 1.32. The Kier molecular flexibility index (Phi) is 3.72. The van der Waals surface area contributed by atoms with Gasteiger partial charge in [0.05, 0.1) is 5.69 Å². The lowest BCUT2D eigenvalue weighted by Crippen LogP contribution is -2.30. The summed E-state index contributed by atoms with van der Waals surface area (Å²) in [6.45, 7) is -0.108. The largest absolute Gasteiger partial charge is 0.358 e. The SMILES string of the molecule is CNC(=O)Cn1cnc2c(nnn2-c2ccc(Br)cc2)c1=O. The number of nitrogens with zero attached hydrogens (tertiary/aromatic N) is 5. The third-order valence-corrected chi connectivity index (χ3v) is 3.62. The average molecular weight is 363 g/mol. The number of hydrogen-bond acceptors (Lipinski definition) is 5. The maximum absolute atomic E-state index is 12.3. The molecular formula is C13H11BrN6O2. The number of likely N-dealkylation sites (N-methyl/N-ethyl adjacent to an activating group) is 1. The maximum atomic E-state index is 12.3. The first-order valence-electron chi connectivity index (χ1n) is 6.37. The van der Waals surface area contributed by atoms with Crippen molar-refractivity contribution in [2.45, 2.75) is 6.54 Å². The number of amides is 1. The lowest BCUT2D eigenvalue weighted by atomic mass is 10.3. The highest BCUT2D eigenvalue weighted by molar-refractivity contribution is 9.10. The second kappa shape index (κ2) is 5.68. The van der Waals surface area contributed by atoms with Crippen LogP contribution < -0.4 is 10.9 Å². The summed E-state index contributed by atoms with van der Waals surface area (Å²) in [5.74, 6) is -0.288.